The first kappa shape index (κ1) is 20.9. The van der Waals surface area contributed by atoms with E-state index in [0.29, 0.717) is 23.7 Å². The Morgan fingerprint density at radius 2 is 1.84 bits per heavy atom. The number of nitrogens with zero attached hydrogens (tertiary/aromatic N) is 2. The lowest BCUT2D eigenvalue weighted by atomic mass is 10.1. The zero-order valence-electron chi connectivity index (χ0n) is 17.5. The van der Waals surface area contributed by atoms with Gasteiger partial charge in [0.15, 0.2) is 0 Å². The summed E-state index contributed by atoms with van der Waals surface area (Å²) in [6, 6.07) is 21.0. The van der Waals surface area contributed by atoms with Gasteiger partial charge in [0.2, 0.25) is 0 Å². The quantitative estimate of drug-likeness (QED) is 0.411. The van der Waals surface area contributed by atoms with Gasteiger partial charge in [0.05, 0.1) is 30.9 Å². The summed E-state index contributed by atoms with van der Waals surface area (Å²) in [6.07, 6.45) is 1.81. The second kappa shape index (κ2) is 9.23. The minimum absolute atomic E-state index is 0.123. The normalized spacial score (nSPS) is 12.0. The first-order chi connectivity index (χ1) is 15.0. The van der Waals surface area contributed by atoms with Crippen molar-refractivity contribution in [2.24, 2.45) is 0 Å². The van der Waals surface area contributed by atoms with E-state index in [1.807, 2.05) is 91.5 Å². The largest absolute Gasteiger partial charge is 0.494 e. The minimum Gasteiger partial charge on any atom is -0.494 e. The highest BCUT2D eigenvalue weighted by molar-refractivity contribution is 6.30. The van der Waals surface area contributed by atoms with E-state index in [1.165, 1.54) is 0 Å². The van der Waals surface area contributed by atoms with Crippen LogP contribution in [0.5, 0.6) is 5.75 Å². The van der Waals surface area contributed by atoms with Gasteiger partial charge in [-0.25, -0.2) is 0 Å². The van der Waals surface area contributed by atoms with Crippen molar-refractivity contribution in [1.29, 1.82) is 0 Å². The molecule has 0 saturated carbocycles. The van der Waals surface area contributed by atoms with Crippen molar-refractivity contribution in [1.82, 2.24) is 15.1 Å². The number of rotatable bonds is 7. The maximum Gasteiger partial charge on any atom is 0.251 e. The van der Waals surface area contributed by atoms with Crippen molar-refractivity contribution in [3.8, 4) is 5.75 Å². The zero-order chi connectivity index (χ0) is 21.8. The van der Waals surface area contributed by atoms with Crippen LogP contribution < -0.4 is 10.1 Å². The second-order valence-electron chi connectivity index (χ2n) is 7.40. The Balaban J connectivity index is 1.50. The molecule has 31 heavy (non-hydrogen) atoms. The lowest BCUT2D eigenvalue weighted by Gasteiger charge is -2.15. The molecule has 3 aromatic carbocycles. The Labute approximate surface area is 186 Å². The van der Waals surface area contributed by atoms with E-state index >= 15 is 0 Å². The third kappa shape index (κ3) is 4.89. The van der Waals surface area contributed by atoms with Crippen LogP contribution in [0.2, 0.25) is 5.02 Å². The van der Waals surface area contributed by atoms with Crippen LogP contribution in [-0.2, 0) is 6.54 Å². The Morgan fingerprint density at radius 1 is 1.10 bits per heavy atom. The molecule has 0 saturated heterocycles. The van der Waals surface area contributed by atoms with Gasteiger partial charge in [-0.2, -0.15) is 5.10 Å². The summed E-state index contributed by atoms with van der Waals surface area (Å²) in [7, 11) is 0. The number of nitrogens with one attached hydrogen (secondary N) is 1. The zero-order valence-corrected chi connectivity index (χ0v) is 18.3. The number of benzene rings is 3. The molecular weight excluding hydrogens is 410 g/mol. The van der Waals surface area contributed by atoms with Crippen LogP contribution in [0.3, 0.4) is 0 Å². The molecule has 1 aromatic heterocycles. The molecule has 158 valence electrons. The molecule has 1 N–H and O–H groups in total. The summed E-state index contributed by atoms with van der Waals surface area (Å²) in [5, 5.41) is 9.25. The van der Waals surface area contributed by atoms with Crippen LogP contribution in [0.15, 0.2) is 72.9 Å². The summed E-state index contributed by atoms with van der Waals surface area (Å²) in [4.78, 5) is 12.9. The lowest BCUT2D eigenvalue weighted by Crippen LogP contribution is -2.26. The maximum atomic E-state index is 12.9. The first-order valence-corrected chi connectivity index (χ1v) is 10.6. The van der Waals surface area contributed by atoms with Crippen molar-refractivity contribution < 1.29 is 9.53 Å². The van der Waals surface area contributed by atoms with E-state index < -0.39 is 0 Å². The number of carbonyl (C=O) groups is 1. The highest BCUT2D eigenvalue weighted by Gasteiger charge is 2.14. The Kier molecular flexibility index (Phi) is 6.23. The molecule has 0 aliphatic heterocycles. The molecule has 1 atom stereocenters. The topological polar surface area (TPSA) is 56.1 Å². The van der Waals surface area contributed by atoms with Crippen molar-refractivity contribution in [3.05, 3.63) is 94.6 Å². The number of hydrogen-bond acceptors (Lipinski definition) is 3. The van der Waals surface area contributed by atoms with E-state index in [0.717, 1.165) is 27.8 Å². The summed E-state index contributed by atoms with van der Waals surface area (Å²) < 4.78 is 7.38. The molecule has 0 radical (unpaired) electrons. The molecule has 5 nitrogen and oxygen atoms in total. The molecular formula is C25H24ClN3O2. The van der Waals surface area contributed by atoms with Crippen LogP contribution in [0.1, 0.15) is 41.4 Å². The Hall–Kier alpha value is -3.31. The fourth-order valence-electron chi connectivity index (χ4n) is 3.48. The van der Waals surface area contributed by atoms with E-state index in [2.05, 4.69) is 10.4 Å². The van der Waals surface area contributed by atoms with Crippen molar-refractivity contribution in [3.63, 3.8) is 0 Å². The summed E-state index contributed by atoms with van der Waals surface area (Å²) in [6.45, 7) is 5.16. The van der Waals surface area contributed by atoms with Gasteiger partial charge in [-0.3, -0.25) is 9.48 Å². The fraction of sp³-hybridized carbons (Fsp3) is 0.200. The van der Waals surface area contributed by atoms with Gasteiger partial charge in [0.25, 0.3) is 5.91 Å². The van der Waals surface area contributed by atoms with Gasteiger partial charge in [-0.05, 0) is 61.4 Å². The molecule has 0 spiro atoms. The van der Waals surface area contributed by atoms with Crippen LogP contribution in [0, 0.1) is 0 Å². The predicted molar refractivity (Wildman–Crippen MR) is 124 cm³/mol. The molecule has 0 aliphatic carbocycles. The number of amides is 1. The van der Waals surface area contributed by atoms with E-state index in [4.69, 9.17) is 16.3 Å². The highest BCUT2D eigenvalue weighted by atomic mass is 35.5. The van der Waals surface area contributed by atoms with Crippen molar-refractivity contribution in [2.75, 3.05) is 6.61 Å². The highest BCUT2D eigenvalue weighted by Crippen LogP contribution is 2.21. The molecule has 0 bridgehead atoms. The molecule has 1 unspecified atom stereocenters. The number of hydrogen-bond donors (Lipinski definition) is 1. The third-order valence-electron chi connectivity index (χ3n) is 5.19. The monoisotopic (exact) mass is 433 g/mol. The SMILES string of the molecule is CCOc1ccc(C(C)NC(=O)c2ccc3cnn(Cc4ccc(Cl)cc4)c3c2)cc1. The lowest BCUT2D eigenvalue weighted by molar-refractivity contribution is 0.0940. The molecule has 1 amide bonds. The number of aromatic nitrogens is 2. The van der Waals surface area contributed by atoms with E-state index in [-0.39, 0.29) is 11.9 Å². The van der Waals surface area contributed by atoms with Crippen molar-refractivity contribution in [2.45, 2.75) is 26.4 Å². The first-order valence-electron chi connectivity index (χ1n) is 10.3. The third-order valence-corrected chi connectivity index (χ3v) is 5.44. The van der Waals surface area contributed by atoms with Gasteiger partial charge >= 0.3 is 0 Å². The maximum absolute atomic E-state index is 12.9. The second-order valence-corrected chi connectivity index (χ2v) is 7.84. The minimum atomic E-state index is -0.127. The number of halogens is 1. The molecule has 0 fully saturated rings. The molecule has 1 heterocycles. The summed E-state index contributed by atoms with van der Waals surface area (Å²) in [5.41, 5.74) is 3.62. The average Bonchev–Trinajstić information content (AvgIpc) is 3.18. The van der Waals surface area contributed by atoms with Crippen LogP contribution >= 0.6 is 11.6 Å². The van der Waals surface area contributed by atoms with Crippen LogP contribution in [0.25, 0.3) is 10.9 Å². The smallest absolute Gasteiger partial charge is 0.251 e. The average molecular weight is 434 g/mol. The van der Waals surface area contributed by atoms with Gasteiger partial charge in [0, 0.05) is 16.0 Å². The molecule has 0 aliphatic rings. The van der Waals surface area contributed by atoms with E-state index in [1.54, 1.807) is 0 Å². The Bertz CT molecular complexity index is 1180. The van der Waals surface area contributed by atoms with Gasteiger partial charge in [-0.15, -0.1) is 0 Å². The molecule has 4 aromatic rings. The Morgan fingerprint density at radius 3 is 2.55 bits per heavy atom. The van der Waals surface area contributed by atoms with Gasteiger partial charge < -0.3 is 10.1 Å². The number of carbonyl (C=O) groups excluding carboxylic acids is 1. The molecule has 4 rings (SSSR count). The van der Waals surface area contributed by atoms with Crippen LogP contribution in [-0.4, -0.2) is 22.3 Å². The summed E-state index contributed by atoms with van der Waals surface area (Å²) in [5.74, 6) is 0.701. The standard InChI is InChI=1S/C25H24ClN3O2/c1-3-31-23-12-8-19(9-13-23)17(2)28-25(30)20-6-7-21-15-27-29(24(21)14-20)16-18-4-10-22(26)11-5-18/h4-15,17H,3,16H2,1-2H3,(H,28,30). The number of ether oxygens (including phenoxy) is 1. The van der Waals surface area contributed by atoms with Gasteiger partial charge in [-0.1, -0.05) is 41.9 Å². The van der Waals surface area contributed by atoms with Crippen molar-refractivity contribution >= 4 is 28.4 Å². The predicted octanol–water partition coefficient (Wildman–Crippen LogP) is 5.63. The fourth-order valence-corrected chi connectivity index (χ4v) is 3.61. The van der Waals surface area contributed by atoms with E-state index in [9.17, 15) is 4.79 Å². The van der Waals surface area contributed by atoms with Gasteiger partial charge in [0.1, 0.15) is 5.75 Å². The molecule has 6 heteroatoms. The van der Waals surface area contributed by atoms with Crippen LogP contribution in [0.4, 0.5) is 0 Å². The number of fused-ring (bicyclic) bond motifs is 1. The summed E-state index contributed by atoms with van der Waals surface area (Å²) >= 11 is 5.98.